The number of aryl methyl sites for hydroxylation is 1. The molecule has 108 valence electrons. The molecule has 5 nitrogen and oxygen atoms in total. The van der Waals surface area contributed by atoms with Crippen LogP contribution in [0.4, 0.5) is 5.95 Å². The van der Waals surface area contributed by atoms with Gasteiger partial charge in [0.15, 0.2) is 5.65 Å². The number of rotatable bonds is 2. The Kier molecular flexibility index (Phi) is 3.17. The Morgan fingerprint density at radius 1 is 1.35 bits per heavy atom. The molecule has 1 aliphatic heterocycles. The Bertz CT molecular complexity index is 622. The summed E-state index contributed by atoms with van der Waals surface area (Å²) in [5.74, 6) is 0.582. The Morgan fingerprint density at radius 2 is 2.05 bits per heavy atom. The van der Waals surface area contributed by atoms with E-state index in [1.54, 1.807) is 0 Å². The zero-order chi connectivity index (χ0) is 14.3. The van der Waals surface area contributed by atoms with Gasteiger partial charge in [-0.15, -0.1) is 0 Å². The van der Waals surface area contributed by atoms with Crippen molar-refractivity contribution in [3.8, 4) is 0 Å². The molecule has 1 aliphatic rings. The van der Waals surface area contributed by atoms with Gasteiger partial charge in [-0.3, -0.25) is 4.57 Å². The summed E-state index contributed by atoms with van der Waals surface area (Å²) in [5, 5.41) is 0. The zero-order valence-corrected chi connectivity index (χ0v) is 12.6. The molecule has 3 heterocycles. The molecular weight excluding hydrogens is 250 g/mol. The number of anilines is 1. The van der Waals surface area contributed by atoms with E-state index in [9.17, 15) is 0 Å². The largest absolute Gasteiger partial charge is 0.369 e. The van der Waals surface area contributed by atoms with Crippen molar-refractivity contribution in [2.24, 2.45) is 5.41 Å². The van der Waals surface area contributed by atoms with Crippen LogP contribution in [0.5, 0.6) is 0 Å². The highest BCUT2D eigenvalue weighted by atomic mass is 15.2. The lowest BCUT2D eigenvalue weighted by Gasteiger charge is -2.38. The van der Waals surface area contributed by atoms with Gasteiger partial charge in [-0.25, -0.2) is 9.97 Å². The van der Waals surface area contributed by atoms with E-state index < -0.39 is 0 Å². The minimum absolute atomic E-state index is 0.279. The lowest BCUT2D eigenvalue weighted by molar-refractivity contribution is 0.122. The number of imidazole rings is 1. The first-order chi connectivity index (χ1) is 9.47. The molecule has 2 aromatic heterocycles. The van der Waals surface area contributed by atoms with Crippen LogP contribution >= 0.6 is 0 Å². The van der Waals surface area contributed by atoms with Gasteiger partial charge >= 0.3 is 0 Å². The van der Waals surface area contributed by atoms with Gasteiger partial charge in [0.2, 0.25) is 5.95 Å². The second-order valence-corrected chi connectivity index (χ2v) is 6.53. The van der Waals surface area contributed by atoms with Crippen molar-refractivity contribution in [1.82, 2.24) is 19.4 Å². The van der Waals surface area contributed by atoms with E-state index in [4.69, 9.17) is 5.73 Å². The topological polar surface area (TPSA) is 60.0 Å². The Labute approximate surface area is 119 Å². The van der Waals surface area contributed by atoms with Crippen LogP contribution in [0.1, 0.15) is 25.3 Å². The Morgan fingerprint density at radius 3 is 2.75 bits per heavy atom. The lowest BCUT2D eigenvalue weighted by atomic mass is 9.80. The summed E-state index contributed by atoms with van der Waals surface area (Å²) in [5.41, 5.74) is 9.32. The summed E-state index contributed by atoms with van der Waals surface area (Å²) in [6.07, 6.45) is 4.26. The number of piperidine rings is 1. The molecule has 0 saturated carbocycles. The molecule has 2 N–H and O–H groups in total. The molecule has 1 saturated heterocycles. The monoisotopic (exact) mass is 273 g/mol. The number of nitrogens with zero attached hydrogens (tertiary/aromatic N) is 4. The van der Waals surface area contributed by atoms with E-state index in [1.165, 1.54) is 12.8 Å². The fourth-order valence-electron chi connectivity index (χ4n) is 2.98. The fourth-order valence-corrected chi connectivity index (χ4v) is 2.98. The van der Waals surface area contributed by atoms with Crippen LogP contribution in [0, 0.1) is 12.3 Å². The van der Waals surface area contributed by atoms with E-state index >= 15 is 0 Å². The maximum atomic E-state index is 6.11. The predicted molar refractivity (Wildman–Crippen MR) is 81.5 cm³/mol. The highest BCUT2D eigenvalue weighted by molar-refractivity contribution is 5.74. The molecular formula is C15H23N5. The average molecular weight is 273 g/mol. The molecule has 0 bridgehead atoms. The van der Waals surface area contributed by atoms with Crippen molar-refractivity contribution in [2.75, 3.05) is 25.9 Å². The summed E-state index contributed by atoms with van der Waals surface area (Å²) in [6.45, 7) is 7.57. The zero-order valence-electron chi connectivity index (χ0n) is 12.6. The molecule has 5 heteroatoms. The quantitative estimate of drug-likeness (QED) is 0.910. The van der Waals surface area contributed by atoms with Gasteiger partial charge in [0.1, 0.15) is 5.52 Å². The summed E-state index contributed by atoms with van der Waals surface area (Å²) >= 11 is 0. The number of hydrogen-bond donors (Lipinski definition) is 1. The average Bonchev–Trinajstić information content (AvgIpc) is 2.69. The highest BCUT2D eigenvalue weighted by Crippen LogP contribution is 2.34. The maximum Gasteiger partial charge on any atom is 0.202 e. The van der Waals surface area contributed by atoms with Crippen LogP contribution in [0.2, 0.25) is 0 Å². The minimum atomic E-state index is 0.279. The van der Waals surface area contributed by atoms with Crippen LogP contribution in [0.3, 0.4) is 0 Å². The highest BCUT2D eigenvalue weighted by Gasteiger charge is 2.30. The van der Waals surface area contributed by atoms with Crippen LogP contribution in [0.15, 0.2) is 12.3 Å². The molecule has 2 aromatic rings. The number of likely N-dealkylation sites (tertiary alicyclic amines) is 1. The van der Waals surface area contributed by atoms with E-state index in [2.05, 4.69) is 33.4 Å². The molecule has 0 atom stereocenters. The number of nitrogen functional groups attached to an aromatic ring is 1. The summed E-state index contributed by atoms with van der Waals surface area (Å²) < 4.78 is 2.08. The van der Waals surface area contributed by atoms with E-state index in [0.717, 1.165) is 36.4 Å². The number of aromatic nitrogens is 3. The first-order valence-corrected chi connectivity index (χ1v) is 7.24. The minimum Gasteiger partial charge on any atom is -0.369 e. The Balaban J connectivity index is 1.92. The van der Waals surface area contributed by atoms with Crippen molar-refractivity contribution >= 4 is 17.1 Å². The van der Waals surface area contributed by atoms with Crippen LogP contribution in [0.25, 0.3) is 11.2 Å². The normalized spacial score (nSPS) is 19.6. The molecule has 0 aromatic carbocycles. The lowest BCUT2D eigenvalue weighted by Crippen LogP contribution is -2.38. The number of fused-ring (bicyclic) bond motifs is 1. The third-order valence-corrected chi connectivity index (χ3v) is 4.49. The fraction of sp³-hybridized carbons (Fsp3) is 0.600. The van der Waals surface area contributed by atoms with Gasteiger partial charge < -0.3 is 10.6 Å². The van der Waals surface area contributed by atoms with Gasteiger partial charge in [0.05, 0.1) is 0 Å². The van der Waals surface area contributed by atoms with Gasteiger partial charge in [-0.1, -0.05) is 6.92 Å². The molecule has 0 aliphatic carbocycles. The standard InChI is InChI=1S/C15H23N5/c1-11-8-12-13(17-9-11)20(14(16)18-12)10-15(2)4-6-19(3)7-5-15/h8-9H,4-7,10H2,1-3H3,(H2,16,18). The molecule has 0 spiro atoms. The second-order valence-electron chi connectivity index (χ2n) is 6.53. The van der Waals surface area contributed by atoms with Crippen LogP contribution in [-0.2, 0) is 6.54 Å². The summed E-state index contributed by atoms with van der Waals surface area (Å²) in [4.78, 5) is 11.4. The van der Waals surface area contributed by atoms with Gasteiger partial charge in [-0.2, -0.15) is 0 Å². The smallest absolute Gasteiger partial charge is 0.202 e. The molecule has 0 amide bonds. The van der Waals surface area contributed by atoms with Crippen molar-refractivity contribution in [1.29, 1.82) is 0 Å². The number of hydrogen-bond acceptors (Lipinski definition) is 4. The van der Waals surface area contributed by atoms with Gasteiger partial charge in [-0.05, 0) is 56.9 Å². The first kappa shape index (κ1) is 13.4. The first-order valence-electron chi connectivity index (χ1n) is 7.24. The third kappa shape index (κ3) is 2.38. The van der Waals surface area contributed by atoms with Crippen LogP contribution in [-0.4, -0.2) is 39.6 Å². The van der Waals surface area contributed by atoms with Crippen LogP contribution < -0.4 is 5.73 Å². The number of pyridine rings is 1. The summed E-state index contributed by atoms with van der Waals surface area (Å²) in [7, 11) is 2.19. The molecule has 3 rings (SSSR count). The summed E-state index contributed by atoms with van der Waals surface area (Å²) in [6, 6.07) is 2.05. The van der Waals surface area contributed by atoms with E-state index in [1.807, 2.05) is 19.2 Å². The maximum absolute atomic E-state index is 6.11. The van der Waals surface area contributed by atoms with Crippen molar-refractivity contribution in [2.45, 2.75) is 33.2 Å². The molecule has 0 radical (unpaired) electrons. The SMILES string of the molecule is Cc1cnc2c(c1)nc(N)n2CC1(C)CCN(C)CC1. The Hall–Kier alpha value is -1.62. The van der Waals surface area contributed by atoms with Crippen molar-refractivity contribution < 1.29 is 0 Å². The van der Waals surface area contributed by atoms with E-state index in [0.29, 0.717) is 5.95 Å². The van der Waals surface area contributed by atoms with Gasteiger partial charge in [0, 0.05) is 12.7 Å². The molecule has 20 heavy (non-hydrogen) atoms. The van der Waals surface area contributed by atoms with Crippen molar-refractivity contribution in [3.63, 3.8) is 0 Å². The predicted octanol–water partition coefficient (Wildman–Crippen LogP) is 2.05. The molecule has 0 unspecified atom stereocenters. The second kappa shape index (κ2) is 4.74. The van der Waals surface area contributed by atoms with Crippen molar-refractivity contribution in [3.05, 3.63) is 17.8 Å². The van der Waals surface area contributed by atoms with E-state index in [-0.39, 0.29) is 5.41 Å². The van der Waals surface area contributed by atoms with Gasteiger partial charge in [0.25, 0.3) is 0 Å². The number of nitrogens with two attached hydrogens (primary N) is 1. The third-order valence-electron chi connectivity index (χ3n) is 4.49. The molecule has 1 fully saturated rings.